The molecule has 2 aromatic carbocycles. The summed E-state index contributed by atoms with van der Waals surface area (Å²) in [6, 6.07) is 9.25. The van der Waals surface area contributed by atoms with Crippen molar-refractivity contribution in [3.05, 3.63) is 68.2 Å². The van der Waals surface area contributed by atoms with Crippen LogP contribution in [0.3, 0.4) is 0 Å². The Labute approximate surface area is 196 Å². The van der Waals surface area contributed by atoms with Gasteiger partial charge in [-0.2, -0.15) is 0 Å². The molecule has 2 aromatic rings. The van der Waals surface area contributed by atoms with Gasteiger partial charge in [-0.05, 0) is 30.3 Å². The van der Waals surface area contributed by atoms with Crippen molar-refractivity contribution >= 4 is 58.3 Å². The number of rotatable bonds is 7. The van der Waals surface area contributed by atoms with Crippen LogP contribution in [0.4, 0.5) is 11.4 Å². The van der Waals surface area contributed by atoms with E-state index in [1.807, 2.05) is 0 Å². The summed E-state index contributed by atoms with van der Waals surface area (Å²) in [5.41, 5.74) is 2.62. The first-order valence-corrected chi connectivity index (χ1v) is 10.2. The number of amides is 3. The highest BCUT2D eigenvalue weighted by atomic mass is 35.5. The van der Waals surface area contributed by atoms with Crippen LogP contribution in [0.15, 0.2) is 42.5 Å². The number of nitrogens with one attached hydrogen (secondary N) is 2. The Hall–Kier alpha value is -3.70. The molecule has 0 radical (unpaired) electrons. The van der Waals surface area contributed by atoms with Gasteiger partial charge in [0.05, 0.1) is 27.4 Å². The lowest BCUT2D eigenvalue weighted by molar-refractivity contribution is -0.384. The standard InChI is InChI=1S/C20H16Cl2N4O7/c21-15-6-3-13(8-16(15)22)23-17(27)10-33-20(30)12-7-18(28)25(9-12)24-19(29)11-1-4-14(5-2-11)26(31)32/h1-6,8,12H,7,9-10H2,(H,23,27)(H,24,29)/t12-/m1/s1. The third-order valence-electron chi connectivity index (χ3n) is 4.58. The van der Waals surface area contributed by atoms with Crippen LogP contribution in [0.1, 0.15) is 16.8 Å². The molecule has 1 saturated heterocycles. The number of carbonyl (C=O) groups is 4. The van der Waals surface area contributed by atoms with Crippen LogP contribution >= 0.6 is 23.2 Å². The van der Waals surface area contributed by atoms with Gasteiger partial charge < -0.3 is 10.1 Å². The van der Waals surface area contributed by atoms with Crippen molar-refractivity contribution in [2.45, 2.75) is 6.42 Å². The predicted molar refractivity (Wildman–Crippen MR) is 116 cm³/mol. The smallest absolute Gasteiger partial charge is 0.311 e. The molecule has 172 valence electrons. The van der Waals surface area contributed by atoms with Gasteiger partial charge in [0.1, 0.15) is 0 Å². The molecule has 2 N–H and O–H groups in total. The number of hydrazine groups is 1. The zero-order valence-corrected chi connectivity index (χ0v) is 18.3. The van der Waals surface area contributed by atoms with Gasteiger partial charge in [0, 0.05) is 29.8 Å². The summed E-state index contributed by atoms with van der Waals surface area (Å²) in [6.07, 6.45) is -0.214. The van der Waals surface area contributed by atoms with E-state index >= 15 is 0 Å². The fourth-order valence-electron chi connectivity index (χ4n) is 2.92. The van der Waals surface area contributed by atoms with Gasteiger partial charge in [-0.15, -0.1) is 0 Å². The number of ether oxygens (including phenoxy) is 1. The number of nitro groups is 1. The molecular formula is C20H16Cl2N4O7. The number of nitro benzene ring substituents is 1. The first-order chi connectivity index (χ1) is 15.6. The molecule has 1 atom stereocenters. The number of nitrogens with zero attached hydrogens (tertiary/aromatic N) is 2. The lowest BCUT2D eigenvalue weighted by Gasteiger charge is -2.17. The van der Waals surface area contributed by atoms with Crippen molar-refractivity contribution in [3.8, 4) is 0 Å². The Morgan fingerprint density at radius 2 is 1.82 bits per heavy atom. The van der Waals surface area contributed by atoms with Crippen molar-refractivity contribution in [2.24, 2.45) is 5.92 Å². The minimum Gasteiger partial charge on any atom is -0.455 e. The highest BCUT2D eigenvalue weighted by Crippen LogP contribution is 2.25. The normalized spacial score (nSPS) is 15.2. The first kappa shape index (κ1) is 24.0. The van der Waals surface area contributed by atoms with E-state index < -0.39 is 41.1 Å². The van der Waals surface area contributed by atoms with Crippen molar-refractivity contribution < 1.29 is 28.8 Å². The zero-order valence-electron chi connectivity index (χ0n) is 16.7. The molecule has 3 rings (SSSR count). The minimum absolute atomic E-state index is 0.0957. The maximum Gasteiger partial charge on any atom is 0.311 e. The maximum absolute atomic E-state index is 12.3. The average molecular weight is 495 g/mol. The molecule has 13 heteroatoms. The first-order valence-electron chi connectivity index (χ1n) is 9.41. The van der Waals surface area contributed by atoms with Crippen LogP contribution in [0.5, 0.6) is 0 Å². The molecule has 33 heavy (non-hydrogen) atoms. The number of anilines is 1. The molecule has 3 amide bonds. The molecule has 0 unspecified atom stereocenters. The van der Waals surface area contributed by atoms with Gasteiger partial charge in [0.25, 0.3) is 17.5 Å². The van der Waals surface area contributed by atoms with Crippen molar-refractivity contribution in [1.29, 1.82) is 0 Å². The zero-order chi connectivity index (χ0) is 24.1. The third kappa shape index (κ3) is 6.18. The number of benzene rings is 2. The molecule has 1 aliphatic rings. The monoisotopic (exact) mass is 494 g/mol. The van der Waals surface area contributed by atoms with E-state index in [0.717, 1.165) is 17.1 Å². The SMILES string of the molecule is O=C(COC(=O)[C@@H]1CC(=O)N(NC(=O)c2ccc([N+](=O)[O-])cc2)C1)Nc1ccc(Cl)c(Cl)c1. The molecule has 1 fully saturated rings. The Morgan fingerprint density at radius 3 is 2.45 bits per heavy atom. The minimum atomic E-state index is -0.882. The Morgan fingerprint density at radius 1 is 1.12 bits per heavy atom. The fourth-order valence-corrected chi connectivity index (χ4v) is 3.22. The van der Waals surface area contributed by atoms with Crippen LogP contribution in [-0.4, -0.2) is 46.8 Å². The van der Waals surface area contributed by atoms with Crippen LogP contribution in [0.2, 0.25) is 10.0 Å². The second-order valence-electron chi connectivity index (χ2n) is 6.94. The lowest BCUT2D eigenvalue weighted by atomic mass is 10.1. The number of hydrogen-bond acceptors (Lipinski definition) is 7. The van der Waals surface area contributed by atoms with Gasteiger partial charge in [0.2, 0.25) is 5.91 Å². The second-order valence-corrected chi connectivity index (χ2v) is 7.75. The quantitative estimate of drug-likeness (QED) is 0.341. The molecule has 0 bridgehead atoms. The number of esters is 1. The Kier molecular flexibility index (Phi) is 7.46. The van der Waals surface area contributed by atoms with Gasteiger partial charge in [0.15, 0.2) is 6.61 Å². The van der Waals surface area contributed by atoms with Crippen molar-refractivity contribution in [1.82, 2.24) is 10.4 Å². The van der Waals surface area contributed by atoms with Gasteiger partial charge >= 0.3 is 5.97 Å². The number of halogens is 2. The van der Waals surface area contributed by atoms with Crippen LogP contribution in [0, 0.1) is 16.0 Å². The molecule has 0 aliphatic carbocycles. The lowest BCUT2D eigenvalue weighted by Crippen LogP contribution is -2.43. The van der Waals surface area contributed by atoms with Gasteiger partial charge in [-0.1, -0.05) is 23.2 Å². The molecule has 0 saturated carbocycles. The summed E-state index contributed by atoms with van der Waals surface area (Å²) in [7, 11) is 0. The van der Waals surface area contributed by atoms with Crippen LogP contribution < -0.4 is 10.7 Å². The van der Waals surface area contributed by atoms with E-state index in [9.17, 15) is 29.3 Å². The summed E-state index contributed by atoms with van der Waals surface area (Å²) in [6.45, 7) is -0.732. The van der Waals surface area contributed by atoms with E-state index in [4.69, 9.17) is 27.9 Å². The van der Waals surface area contributed by atoms with Gasteiger partial charge in [-0.25, -0.2) is 0 Å². The second kappa shape index (κ2) is 10.3. The Bertz CT molecular complexity index is 1120. The van der Waals surface area contributed by atoms with Crippen LogP contribution in [0.25, 0.3) is 0 Å². The Balaban J connectivity index is 1.48. The highest BCUT2D eigenvalue weighted by molar-refractivity contribution is 6.42. The van der Waals surface area contributed by atoms with Crippen molar-refractivity contribution in [3.63, 3.8) is 0 Å². The molecule has 1 heterocycles. The van der Waals surface area contributed by atoms with E-state index in [0.29, 0.717) is 10.7 Å². The summed E-state index contributed by atoms with van der Waals surface area (Å²) >= 11 is 11.7. The number of hydrogen-bond donors (Lipinski definition) is 2. The fraction of sp³-hybridized carbons (Fsp3) is 0.200. The number of carbonyl (C=O) groups excluding carboxylic acids is 4. The predicted octanol–water partition coefficient (Wildman–Crippen LogP) is 2.58. The van der Waals surface area contributed by atoms with E-state index in [1.54, 1.807) is 0 Å². The largest absolute Gasteiger partial charge is 0.455 e. The van der Waals surface area contributed by atoms with Gasteiger partial charge in [-0.3, -0.25) is 39.7 Å². The molecule has 0 aromatic heterocycles. The summed E-state index contributed by atoms with van der Waals surface area (Å²) in [5.74, 6) is -3.47. The van der Waals surface area contributed by atoms with E-state index in [-0.39, 0.29) is 29.2 Å². The molecule has 1 aliphatic heterocycles. The molecule has 0 spiro atoms. The van der Waals surface area contributed by atoms with E-state index in [2.05, 4.69) is 10.7 Å². The van der Waals surface area contributed by atoms with Crippen molar-refractivity contribution in [2.75, 3.05) is 18.5 Å². The highest BCUT2D eigenvalue weighted by Gasteiger charge is 2.36. The van der Waals surface area contributed by atoms with Crippen LogP contribution in [-0.2, 0) is 19.1 Å². The maximum atomic E-state index is 12.3. The molecule has 11 nitrogen and oxygen atoms in total. The third-order valence-corrected chi connectivity index (χ3v) is 5.32. The molecular weight excluding hydrogens is 479 g/mol. The topological polar surface area (TPSA) is 148 Å². The summed E-state index contributed by atoms with van der Waals surface area (Å²) in [4.78, 5) is 58.7. The summed E-state index contributed by atoms with van der Waals surface area (Å²) in [5, 5.41) is 14.7. The average Bonchev–Trinajstić information content (AvgIpc) is 3.15. The number of non-ortho nitro benzene ring substituents is 1. The van der Waals surface area contributed by atoms with E-state index in [1.165, 1.54) is 30.3 Å². The summed E-state index contributed by atoms with van der Waals surface area (Å²) < 4.78 is 4.97.